The molecule has 4 aromatic carbocycles. The van der Waals surface area contributed by atoms with Crippen molar-refractivity contribution in [1.82, 2.24) is 5.32 Å². The number of hydrogen-bond donors (Lipinski definition) is 3. The van der Waals surface area contributed by atoms with Crippen molar-refractivity contribution in [3.63, 3.8) is 0 Å². The summed E-state index contributed by atoms with van der Waals surface area (Å²) in [6.07, 6.45) is 0.778. The number of ether oxygens (including phenoxy) is 1. The van der Waals surface area contributed by atoms with Crippen LogP contribution in [0.25, 0.3) is 0 Å². The van der Waals surface area contributed by atoms with E-state index in [0.29, 0.717) is 39.3 Å². The van der Waals surface area contributed by atoms with Gasteiger partial charge in [-0.25, -0.2) is 0 Å². The Hall–Kier alpha value is -4.01. The Morgan fingerprint density at radius 3 is 2.19 bits per heavy atom. The van der Waals surface area contributed by atoms with Gasteiger partial charge in [-0.2, -0.15) is 0 Å². The van der Waals surface area contributed by atoms with Crippen LogP contribution in [0.4, 0.5) is 11.4 Å². The molecule has 0 aliphatic carbocycles. The van der Waals surface area contributed by atoms with Crippen LogP contribution in [0, 0.1) is 0 Å². The number of anilines is 2. The Morgan fingerprint density at radius 2 is 1.46 bits per heavy atom. The van der Waals surface area contributed by atoms with Crippen molar-refractivity contribution in [3.05, 3.63) is 124 Å². The van der Waals surface area contributed by atoms with E-state index in [2.05, 4.69) is 44.0 Å². The highest BCUT2D eigenvalue weighted by Crippen LogP contribution is 2.26. The molecule has 4 aromatic rings. The SMILES string of the molecule is O=C(NC(=S)Nc1ccccc1C(=O)Nc1ccccc1)c1ccc(OCCc2ccccc2)c(Br)c1. The average Bonchev–Trinajstić information content (AvgIpc) is 2.91. The van der Waals surface area contributed by atoms with E-state index in [9.17, 15) is 9.59 Å². The molecule has 3 N–H and O–H groups in total. The predicted octanol–water partition coefficient (Wildman–Crippen LogP) is 6.45. The van der Waals surface area contributed by atoms with Gasteiger partial charge in [-0.05, 0) is 76.2 Å². The van der Waals surface area contributed by atoms with Crippen LogP contribution in [0.15, 0.2) is 108 Å². The number of thiocarbonyl (C=S) groups is 1. The molecule has 37 heavy (non-hydrogen) atoms. The molecule has 0 radical (unpaired) electrons. The van der Waals surface area contributed by atoms with Crippen LogP contribution in [-0.4, -0.2) is 23.5 Å². The Bertz CT molecular complexity index is 1400. The van der Waals surface area contributed by atoms with Gasteiger partial charge in [0.05, 0.1) is 22.3 Å². The standard InChI is InChI=1S/C29H24BrN3O3S/c30-24-19-21(15-16-26(24)36-18-17-20-9-3-1-4-10-20)27(34)33-29(37)32-25-14-8-7-13-23(25)28(35)31-22-11-5-2-6-12-22/h1-16,19H,17-18H2,(H,31,35)(H2,32,33,34,37). The highest BCUT2D eigenvalue weighted by molar-refractivity contribution is 9.10. The molecular formula is C29H24BrN3O3S. The van der Waals surface area contributed by atoms with Gasteiger partial charge in [0.25, 0.3) is 11.8 Å². The van der Waals surface area contributed by atoms with Crippen molar-refractivity contribution in [2.75, 3.05) is 17.2 Å². The zero-order valence-corrected chi connectivity index (χ0v) is 22.1. The number of carbonyl (C=O) groups is 2. The topological polar surface area (TPSA) is 79.5 Å². The molecular weight excluding hydrogens is 550 g/mol. The van der Waals surface area contributed by atoms with E-state index in [4.69, 9.17) is 17.0 Å². The Morgan fingerprint density at radius 1 is 0.784 bits per heavy atom. The maximum absolute atomic E-state index is 12.8. The van der Waals surface area contributed by atoms with Gasteiger partial charge in [0.15, 0.2) is 5.11 Å². The molecule has 6 nitrogen and oxygen atoms in total. The molecule has 186 valence electrons. The maximum Gasteiger partial charge on any atom is 0.257 e. The molecule has 0 heterocycles. The van der Waals surface area contributed by atoms with Crippen molar-refractivity contribution < 1.29 is 14.3 Å². The van der Waals surface area contributed by atoms with E-state index >= 15 is 0 Å². The third-order valence-electron chi connectivity index (χ3n) is 5.36. The number of benzene rings is 4. The molecule has 0 aliphatic rings. The summed E-state index contributed by atoms with van der Waals surface area (Å²) in [6.45, 7) is 0.513. The summed E-state index contributed by atoms with van der Waals surface area (Å²) in [5.41, 5.74) is 3.14. The Balaban J connectivity index is 1.34. The lowest BCUT2D eigenvalue weighted by Gasteiger charge is -2.14. The largest absolute Gasteiger partial charge is 0.492 e. The molecule has 0 aromatic heterocycles. The highest BCUT2D eigenvalue weighted by Gasteiger charge is 2.15. The van der Waals surface area contributed by atoms with Crippen LogP contribution in [-0.2, 0) is 6.42 Å². The van der Waals surface area contributed by atoms with Crippen LogP contribution in [0.3, 0.4) is 0 Å². The summed E-state index contributed by atoms with van der Waals surface area (Å²) >= 11 is 8.82. The fourth-order valence-electron chi connectivity index (χ4n) is 3.52. The summed E-state index contributed by atoms with van der Waals surface area (Å²) < 4.78 is 6.52. The number of halogens is 1. The first-order chi connectivity index (χ1) is 18.0. The molecule has 0 atom stereocenters. The van der Waals surface area contributed by atoms with Crippen molar-refractivity contribution in [1.29, 1.82) is 0 Å². The van der Waals surface area contributed by atoms with Gasteiger partial charge in [0, 0.05) is 17.7 Å². The second-order valence-corrected chi connectivity index (χ2v) is 9.27. The molecule has 0 spiro atoms. The van der Waals surface area contributed by atoms with E-state index in [0.717, 1.165) is 6.42 Å². The number of amides is 2. The van der Waals surface area contributed by atoms with Crippen LogP contribution < -0.4 is 20.7 Å². The zero-order chi connectivity index (χ0) is 26.0. The summed E-state index contributed by atoms with van der Waals surface area (Å²) in [6, 6.07) is 31.3. The van der Waals surface area contributed by atoms with Gasteiger partial charge in [0.1, 0.15) is 5.75 Å². The van der Waals surface area contributed by atoms with E-state index in [1.807, 2.05) is 36.4 Å². The fourth-order valence-corrected chi connectivity index (χ4v) is 4.22. The summed E-state index contributed by atoms with van der Waals surface area (Å²) in [4.78, 5) is 25.6. The Kier molecular flexibility index (Phi) is 9.02. The number of rotatable bonds is 8. The number of carbonyl (C=O) groups excluding carboxylic acids is 2. The minimum absolute atomic E-state index is 0.0734. The van der Waals surface area contributed by atoms with Gasteiger partial charge >= 0.3 is 0 Å². The van der Waals surface area contributed by atoms with Crippen LogP contribution >= 0.6 is 28.1 Å². The van der Waals surface area contributed by atoms with Gasteiger partial charge in [-0.1, -0.05) is 60.7 Å². The predicted molar refractivity (Wildman–Crippen MR) is 154 cm³/mol. The summed E-state index contributed by atoms with van der Waals surface area (Å²) in [5, 5.41) is 8.53. The van der Waals surface area contributed by atoms with Crippen molar-refractivity contribution in [2.24, 2.45) is 0 Å². The molecule has 0 unspecified atom stereocenters. The van der Waals surface area contributed by atoms with E-state index < -0.39 is 0 Å². The van der Waals surface area contributed by atoms with Gasteiger partial charge in [-0.3, -0.25) is 14.9 Å². The van der Waals surface area contributed by atoms with Crippen LogP contribution in [0.5, 0.6) is 5.75 Å². The van der Waals surface area contributed by atoms with E-state index in [1.54, 1.807) is 54.6 Å². The third kappa shape index (κ3) is 7.49. The minimum atomic E-state index is -0.389. The zero-order valence-electron chi connectivity index (χ0n) is 19.7. The van der Waals surface area contributed by atoms with Gasteiger partial charge in [0.2, 0.25) is 0 Å². The molecule has 4 rings (SSSR count). The number of para-hydroxylation sites is 2. The van der Waals surface area contributed by atoms with Crippen molar-refractivity contribution in [2.45, 2.75) is 6.42 Å². The lowest BCUT2D eigenvalue weighted by Crippen LogP contribution is -2.34. The fraction of sp³-hybridized carbons (Fsp3) is 0.0690. The first-order valence-corrected chi connectivity index (χ1v) is 12.7. The average molecular weight is 575 g/mol. The Labute approximate surface area is 229 Å². The number of nitrogens with one attached hydrogen (secondary N) is 3. The molecule has 0 saturated heterocycles. The lowest BCUT2D eigenvalue weighted by molar-refractivity contribution is 0.0976. The lowest BCUT2D eigenvalue weighted by atomic mass is 10.1. The third-order valence-corrected chi connectivity index (χ3v) is 6.19. The van der Waals surface area contributed by atoms with Crippen molar-refractivity contribution >= 4 is 56.4 Å². The molecule has 0 saturated carbocycles. The number of hydrogen-bond acceptors (Lipinski definition) is 4. The normalized spacial score (nSPS) is 10.3. The van der Waals surface area contributed by atoms with Crippen LogP contribution in [0.1, 0.15) is 26.3 Å². The first kappa shape index (κ1) is 26.1. The quantitative estimate of drug-likeness (QED) is 0.211. The van der Waals surface area contributed by atoms with E-state index in [-0.39, 0.29) is 16.9 Å². The molecule has 2 amide bonds. The molecule has 8 heteroatoms. The minimum Gasteiger partial charge on any atom is -0.492 e. The summed E-state index contributed by atoms with van der Waals surface area (Å²) in [7, 11) is 0. The summed E-state index contributed by atoms with van der Waals surface area (Å²) in [5.74, 6) is -0.0398. The molecule has 0 aliphatic heterocycles. The first-order valence-electron chi connectivity index (χ1n) is 11.5. The van der Waals surface area contributed by atoms with Gasteiger partial charge in [-0.15, -0.1) is 0 Å². The second-order valence-electron chi connectivity index (χ2n) is 8.00. The van der Waals surface area contributed by atoms with Gasteiger partial charge < -0.3 is 15.4 Å². The maximum atomic E-state index is 12.8. The van der Waals surface area contributed by atoms with Crippen LogP contribution in [0.2, 0.25) is 0 Å². The molecule has 0 fully saturated rings. The second kappa shape index (κ2) is 12.8. The van der Waals surface area contributed by atoms with Crippen molar-refractivity contribution in [3.8, 4) is 5.75 Å². The highest BCUT2D eigenvalue weighted by atomic mass is 79.9. The van der Waals surface area contributed by atoms with E-state index in [1.165, 1.54) is 5.56 Å². The monoisotopic (exact) mass is 573 g/mol. The smallest absolute Gasteiger partial charge is 0.257 e. The molecule has 0 bridgehead atoms.